The molecule has 0 amide bonds. The van der Waals surface area contributed by atoms with Gasteiger partial charge < -0.3 is 5.32 Å². The normalized spacial score (nSPS) is 27.7. The second-order valence-electron chi connectivity index (χ2n) is 4.20. The predicted octanol–water partition coefficient (Wildman–Crippen LogP) is 3.74. The van der Waals surface area contributed by atoms with Crippen molar-refractivity contribution in [2.24, 2.45) is 11.8 Å². The summed E-state index contributed by atoms with van der Waals surface area (Å²) in [6, 6.07) is 2.84. The van der Waals surface area contributed by atoms with Gasteiger partial charge in [-0.2, -0.15) is 0 Å². The minimum atomic E-state index is 0.569. The molecule has 14 heavy (non-hydrogen) atoms. The summed E-state index contributed by atoms with van der Waals surface area (Å²) in [5, 5.41) is 3.44. The molecule has 78 valence electrons. The number of nitrogens with one attached hydrogen (secondary N) is 1. The number of aryl methyl sites for hydroxylation is 1. The van der Waals surface area contributed by atoms with Gasteiger partial charge in [-0.05, 0) is 54.2 Å². The van der Waals surface area contributed by atoms with Crippen LogP contribution in [0, 0.1) is 18.8 Å². The van der Waals surface area contributed by atoms with Crippen LogP contribution in [0.2, 0.25) is 0 Å². The molecule has 1 N–H and O–H groups in total. The van der Waals surface area contributed by atoms with E-state index in [0.717, 1.165) is 11.8 Å². The highest BCUT2D eigenvalue weighted by Crippen LogP contribution is 2.48. The fourth-order valence-electron chi connectivity index (χ4n) is 2.02. The first-order chi connectivity index (χ1) is 6.63. The summed E-state index contributed by atoms with van der Waals surface area (Å²) in [5.41, 5.74) is 0. The highest BCUT2D eigenvalue weighted by atomic mass is 79.9. The van der Waals surface area contributed by atoms with E-state index in [0.29, 0.717) is 6.04 Å². The molecule has 3 atom stereocenters. The Labute approximate surface area is 98.0 Å². The Bertz CT molecular complexity index is 315. The first-order valence-corrected chi connectivity index (χ1v) is 6.67. The fourth-order valence-corrected chi connectivity index (χ4v) is 3.76. The van der Waals surface area contributed by atoms with Crippen molar-refractivity contribution in [3.05, 3.63) is 20.3 Å². The maximum absolute atomic E-state index is 3.58. The van der Waals surface area contributed by atoms with Gasteiger partial charge in [0.2, 0.25) is 0 Å². The van der Waals surface area contributed by atoms with Gasteiger partial charge in [0.1, 0.15) is 0 Å². The van der Waals surface area contributed by atoms with Crippen LogP contribution in [-0.2, 0) is 0 Å². The second kappa shape index (κ2) is 3.95. The molecule has 0 aliphatic heterocycles. The largest absolute Gasteiger partial charge is 0.312 e. The molecule has 1 saturated carbocycles. The summed E-state index contributed by atoms with van der Waals surface area (Å²) in [7, 11) is 2.07. The molecular formula is C11H16BrNS. The average molecular weight is 274 g/mol. The van der Waals surface area contributed by atoms with E-state index in [-0.39, 0.29) is 0 Å². The van der Waals surface area contributed by atoms with E-state index in [1.807, 2.05) is 11.3 Å². The third kappa shape index (κ3) is 1.90. The lowest BCUT2D eigenvalue weighted by atomic mass is 10.1. The maximum Gasteiger partial charge on any atom is 0.0444 e. The molecule has 3 unspecified atom stereocenters. The number of hydrogen-bond donors (Lipinski definition) is 1. The van der Waals surface area contributed by atoms with Crippen LogP contribution in [0.5, 0.6) is 0 Å². The van der Waals surface area contributed by atoms with Crippen LogP contribution < -0.4 is 5.32 Å². The van der Waals surface area contributed by atoms with Crippen molar-refractivity contribution in [2.75, 3.05) is 7.05 Å². The zero-order valence-electron chi connectivity index (χ0n) is 8.80. The summed E-state index contributed by atoms with van der Waals surface area (Å²) in [6.07, 6.45) is 1.38. The summed E-state index contributed by atoms with van der Waals surface area (Å²) < 4.78 is 1.26. The van der Waals surface area contributed by atoms with Crippen molar-refractivity contribution in [1.29, 1.82) is 0 Å². The quantitative estimate of drug-likeness (QED) is 0.885. The maximum atomic E-state index is 3.58. The van der Waals surface area contributed by atoms with Gasteiger partial charge in [0.25, 0.3) is 0 Å². The van der Waals surface area contributed by atoms with E-state index >= 15 is 0 Å². The third-order valence-corrected chi connectivity index (χ3v) is 5.31. The standard InChI is InChI=1S/C11H16BrNS/c1-6-4-8(6)11(13-3)10-5-9(12)7(2)14-10/h5-6,8,11,13H,4H2,1-3H3. The summed E-state index contributed by atoms with van der Waals surface area (Å²) in [5.74, 6) is 1.75. The highest BCUT2D eigenvalue weighted by molar-refractivity contribution is 9.10. The van der Waals surface area contributed by atoms with Gasteiger partial charge in [0, 0.05) is 20.3 Å². The number of hydrogen-bond acceptors (Lipinski definition) is 2. The van der Waals surface area contributed by atoms with Crippen LogP contribution in [0.15, 0.2) is 10.5 Å². The van der Waals surface area contributed by atoms with Gasteiger partial charge in [-0.3, -0.25) is 0 Å². The topological polar surface area (TPSA) is 12.0 Å². The lowest BCUT2D eigenvalue weighted by molar-refractivity contribution is 0.512. The van der Waals surface area contributed by atoms with Crippen molar-refractivity contribution in [2.45, 2.75) is 26.3 Å². The summed E-state index contributed by atoms with van der Waals surface area (Å²) >= 11 is 5.49. The van der Waals surface area contributed by atoms with Crippen LogP contribution in [0.1, 0.15) is 29.1 Å². The highest BCUT2D eigenvalue weighted by Gasteiger charge is 2.40. The van der Waals surface area contributed by atoms with Crippen LogP contribution in [0.3, 0.4) is 0 Å². The molecule has 0 bridgehead atoms. The van der Waals surface area contributed by atoms with E-state index in [4.69, 9.17) is 0 Å². The molecule has 0 radical (unpaired) electrons. The molecule has 1 aromatic heterocycles. The molecule has 1 heterocycles. The van der Waals surface area contributed by atoms with E-state index < -0.39 is 0 Å². The Morgan fingerprint density at radius 1 is 1.64 bits per heavy atom. The van der Waals surface area contributed by atoms with E-state index in [1.165, 1.54) is 20.6 Å². The predicted molar refractivity (Wildman–Crippen MR) is 65.8 cm³/mol. The zero-order valence-corrected chi connectivity index (χ0v) is 11.2. The van der Waals surface area contributed by atoms with Gasteiger partial charge in [-0.15, -0.1) is 11.3 Å². The molecule has 1 nitrogen and oxygen atoms in total. The summed E-state index contributed by atoms with van der Waals surface area (Å²) in [4.78, 5) is 2.86. The van der Waals surface area contributed by atoms with Crippen LogP contribution in [0.25, 0.3) is 0 Å². The molecule has 1 fully saturated rings. The number of rotatable bonds is 3. The minimum Gasteiger partial charge on any atom is -0.312 e. The molecule has 1 aliphatic carbocycles. The van der Waals surface area contributed by atoms with Gasteiger partial charge in [0.05, 0.1) is 0 Å². The van der Waals surface area contributed by atoms with Crippen molar-refractivity contribution in [3.8, 4) is 0 Å². The SMILES string of the molecule is CNC(c1cc(Br)c(C)s1)C1CC1C. The van der Waals surface area contributed by atoms with Crippen molar-refractivity contribution in [1.82, 2.24) is 5.32 Å². The monoisotopic (exact) mass is 273 g/mol. The fraction of sp³-hybridized carbons (Fsp3) is 0.636. The van der Waals surface area contributed by atoms with Crippen molar-refractivity contribution >= 4 is 27.3 Å². The molecule has 1 aliphatic rings. The molecule has 0 aromatic carbocycles. The summed E-state index contributed by atoms with van der Waals surface area (Å²) in [6.45, 7) is 4.51. The first-order valence-electron chi connectivity index (χ1n) is 5.06. The van der Waals surface area contributed by atoms with Crippen LogP contribution in [0.4, 0.5) is 0 Å². The van der Waals surface area contributed by atoms with Crippen molar-refractivity contribution < 1.29 is 0 Å². The van der Waals surface area contributed by atoms with Gasteiger partial charge in [-0.25, -0.2) is 0 Å². The third-order valence-electron chi connectivity index (χ3n) is 3.09. The first kappa shape index (κ1) is 10.7. The molecule has 1 aromatic rings. The zero-order chi connectivity index (χ0) is 10.3. The Hall–Kier alpha value is 0.140. The minimum absolute atomic E-state index is 0.569. The molecule has 3 heteroatoms. The molecular weight excluding hydrogens is 258 g/mol. The Morgan fingerprint density at radius 3 is 2.64 bits per heavy atom. The Balaban J connectivity index is 2.19. The van der Waals surface area contributed by atoms with Gasteiger partial charge >= 0.3 is 0 Å². The number of halogens is 1. The van der Waals surface area contributed by atoms with E-state index in [9.17, 15) is 0 Å². The van der Waals surface area contributed by atoms with Gasteiger partial charge in [-0.1, -0.05) is 6.92 Å². The average Bonchev–Trinajstić information content (AvgIpc) is 2.74. The smallest absolute Gasteiger partial charge is 0.0444 e. The molecule has 2 rings (SSSR count). The molecule has 0 spiro atoms. The Kier molecular flexibility index (Phi) is 3.01. The van der Waals surface area contributed by atoms with Crippen molar-refractivity contribution in [3.63, 3.8) is 0 Å². The van der Waals surface area contributed by atoms with Crippen LogP contribution >= 0.6 is 27.3 Å². The second-order valence-corrected chi connectivity index (χ2v) is 6.34. The van der Waals surface area contributed by atoms with E-state index in [1.54, 1.807) is 0 Å². The lowest BCUT2D eigenvalue weighted by Gasteiger charge is -2.13. The number of thiophene rings is 1. The molecule has 0 saturated heterocycles. The van der Waals surface area contributed by atoms with Crippen LogP contribution in [-0.4, -0.2) is 7.05 Å². The lowest BCUT2D eigenvalue weighted by Crippen LogP contribution is -2.17. The Morgan fingerprint density at radius 2 is 2.29 bits per heavy atom. The van der Waals surface area contributed by atoms with Gasteiger partial charge in [0.15, 0.2) is 0 Å². The van der Waals surface area contributed by atoms with E-state index in [2.05, 4.69) is 48.2 Å².